The Morgan fingerprint density at radius 1 is 1.30 bits per heavy atom. The number of nitriles is 1. The van der Waals surface area contributed by atoms with Gasteiger partial charge in [-0.25, -0.2) is 13.1 Å². The van der Waals surface area contributed by atoms with E-state index in [0.717, 1.165) is 4.88 Å². The number of anilines is 1. The summed E-state index contributed by atoms with van der Waals surface area (Å²) in [7, 11) is -2.02. The van der Waals surface area contributed by atoms with Gasteiger partial charge in [0.05, 0.1) is 6.54 Å². The van der Waals surface area contributed by atoms with Gasteiger partial charge in [-0.05, 0) is 31.3 Å². The first-order valence-corrected chi connectivity index (χ1v) is 7.85. The molecule has 0 saturated heterocycles. The molecule has 20 heavy (non-hydrogen) atoms. The highest BCUT2D eigenvalue weighted by atomic mass is 32.2. The van der Waals surface area contributed by atoms with Gasteiger partial charge in [-0.1, -0.05) is 0 Å². The van der Waals surface area contributed by atoms with Crippen molar-refractivity contribution in [3.8, 4) is 6.07 Å². The largest absolute Gasteiger partial charge is 0.364 e. The second kappa shape index (κ2) is 5.96. The van der Waals surface area contributed by atoms with Gasteiger partial charge in [0.2, 0.25) is 10.0 Å². The number of hydrogen-bond acceptors (Lipinski definition) is 7. The van der Waals surface area contributed by atoms with E-state index in [2.05, 4.69) is 20.2 Å². The molecule has 0 bridgehead atoms. The predicted molar refractivity (Wildman–Crippen MR) is 74.6 cm³/mol. The summed E-state index contributed by atoms with van der Waals surface area (Å²) < 4.78 is 25.7. The maximum Gasteiger partial charge on any atom is 0.249 e. The van der Waals surface area contributed by atoms with Crippen molar-refractivity contribution in [3.05, 3.63) is 34.8 Å². The summed E-state index contributed by atoms with van der Waals surface area (Å²) in [6, 6.07) is 8.37. The Labute approximate surface area is 120 Å². The third-order valence-electron chi connectivity index (χ3n) is 2.39. The Hall–Kier alpha value is -2.02. The van der Waals surface area contributed by atoms with Crippen molar-refractivity contribution in [2.45, 2.75) is 10.8 Å². The number of aromatic nitrogens is 2. The summed E-state index contributed by atoms with van der Waals surface area (Å²) in [4.78, 5) is 0.852. The molecule has 2 aromatic heterocycles. The first kappa shape index (κ1) is 14.4. The lowest BCUT2D eigenvalue weighted by Crippen LogP contribution is -2.17. The lowest BCUT2D eigenvalue weighted by Gasteiger charge is -2.02. The average molecular weight is 309 g/mol. The summed E-state index contributed by atoms with van der Waals surface area (Å²) in [5.74, 6) is 0.524. The van der Waals surface area contributed by atoms with Crippen molar-refractivity contribution in [3.63, 3.8) is 0 Å². The maximum atomic E-state index is 11.6. The lowest BCUT2D eigenvalue weighted by atomic mass is 10.4. The molecule has 2 heterocycles. The number of rotatable bonds is 5. The highest BCUT2D eigenvalue weighted by molar-refractivity contribution is 7.91. The van der Waals surface area contributed by atoms with E-state index >= 15 is 0 Å². The number of hydrogen-bond donors (Lipinski definition) is 2. The van der Waals surface area contributed by atoms with E-state index in [1.54, 1.807) is 24.3 Å². The first-order chi connectivity index (χ1) is 9.55. The quantitative estimate of drug-likeness (QED) is 0.850. The molecule has 0 fully saturated rings. The lowest BCUT2D eigenvalue weighted by molar-refractivity contribution is 0.590. The minimum Gasteiger partial charge on any atom is -0.364 e. The zero-order valence-electron chi connectivity index (χ0n) is 10.5. The van der Waals surface area contributed by atoms with Gasteiger partial charge < -0.3 is 5.32 Å². The molecule has 104 valence electrons. The summed E-state index contributed by atoms with van der Waals surface area (Å²) in [5, 5.41) is 19.1. The van der Waals surface area contributed by atoms with Crippen LogP contribution in [-0.2, 0) is 16.6 Å². The van der Waals surface area contributed by atoms with Gasteiger partial charge in [0.15, 0.2) is 5.69 Å². The SMILES string of the molecule is CNS(=O)(=O)c1ccc(CNc2ccc(C#N)nn2)s1. The Morgan fingerprint density at radius 2 is 2.10 bits per heavy atom. The molecule has 9 heteroatoms. The topological polar surface area (TPSA) is 108 Å². The van der Waals surface area contributed by atoms with E-state index in [1.165, 1.54) is 18.4 Å². The van der Waals surface area contributed by atoms with E-state index in [1.807, 2.05) is 6.07 Å². The summed E-state index contributed by atoms with van der Waals surface area (Å²) in [6.45, 7) is 0.435. The predicted octanol–water partition coefficient (Wildman–Crippen LogP) is 0.930. The van der Waals surface area contributed by atoms with Crippen LogP contribution >= 0.6 is 11.3 Å². The molecule has 0 saturated carbocycles. The van der Waals surface area contributed by atoms with Crippen LogP contribution in [0.2, 0.25) is 0 Å². The fraction of sp³-hybridized carbons (Fsp3) is 0.182. The highest BCUT2D eigenvalue weighted by Crippen LogP contribution is 2.21. The van der Waals surface area contributed by atoms with Crippen LogP contribution in [0.4, 0.5) is 5.82 Å². The third kappa shape index (κ3) is 3.30. The van der Waals surface area contributed by atoms with E-state index in [-0.39, 0.29) is 9.90 Å². The molecule has 0 aromatic carbocycles. The van der Waals surface area contributed by atoms with Gasteiger partial charge in [0.25, 0.3) is 0 Å². The van der Waals surface area contributed by atoms with Gasteiger partial charge >= 0.3 is 0 Å². The molecular formula is C11H11N5O2S2. The highest BCUT2D eigenvalue weighted by Gasteiger charge is 2.14. The van der Waals surface area contributed by atoms with Crippen LogP contribution in [-0.4, -0.2) is 25.7 Å². The third-order valence-corrected chi connectivity index (χ3v) is 5.38. The molecule has 0 amide bonds. The first-order valence-electron chi connectivity index (χ1n) is 5.55. The van der Waals surface area contributed by atoms with Crippen LogP contribution < -0.4 is 10.0 Å². The van der Waals surface area contributed by atoms with Crippen LogP contribution in [0.3, 0.4) is 0 Å². The number of thiophene rings is 1. The second-order valence-corrected chi connectivity index (χ2v) is 6.98. The summed E-state index contributed by atoms with van der Waals surface area (Å²) in [5.41, 5.74) is 0.245. The van der Waals surface area contributed by atoms with Crippen molar-refractivity contribution in [2.75, 3.05) is 12.4 Å². The van der Waals surface area contributed by atoms with Gasteiger partial charge in [-0.3, -0.25) is 0 Å². The van der Waals surface area contributed by atoms with Crippen LogP contribution in [0.1, 0.15) is 10.6 Å². The number of nitrogens with zero attached hydrogens (tertiary/aromatic N) is 3. The standard InChI is InChI=1S/C11H11N5O2S2/c1-13-20(17,18)11-5-3-9(19-11)7-14-10-4-2-8(6-12)15-16-10/h2-5,13H,7H2,1H3,(H,14,16). The summed E-state index contributed by atoms with van der Waals surface area (Å²) in [6.07, 6.45) is 0. The molecule has 2 rings (SSSR count). The molecule has 0 aliphatic heterocycles. The monoisotopic (exact) mass is 309 g/mol. The van der Waals surface area contributed by atoms with E-state index in [0.29, 0.717) is 12.4 Å². The van der Waals surface area contributed by atoms with E-state index < -0.39 is 10.0 Å². The molecule has 0 atom stereocenters. The molecular weight excluding hydrogens is 298 g/mol. The van der Waals surface area contributed by atoms with Gasteiger partial charge in [-0.15, -0.1) is 21.5 Å². The van der Waals surface area contributed by atoms with Gasteiger partial charge in [-0.2, -0.15) is 5.26 Å². The fourth-order valence-electron chi connectivity index (χ4n) is 1.36. The average Bonchev–Trinajstić information content (AvgIpc) is 2.95. The number of nitrogens with one attached hydrogen (secondary N) is 2. The van der Waals surface area contributed by atoms with E-state index in [4.69, 9.17) is 5.26 Å². The zero-order chi connectivity index (χ0) is 14.6. The summed E-state index contributed by atoms with van der Waals surface area (Å²) >= 11 is 1.18. The molecule has 2 N–H and O–H groups in total. The minimum atomic E-state index is -3.39. The molecule has 0 aliphatic rings. The maximum absolute atomic E-state index is 11.6. The molecule has 2 aromatic rings. The van der Waals surface area contributed by atoms with Crippen molar-refractivity contribution in [1.29, 1.82) is 5.26 Å². The van der Waals surface area contributed by atoms with Crippen LogP contribution in [0.5, 0.6) is 0 Å². The van der Waals surface area contributed by atoms with E-state index in [9.17, 15) is 8.42 Å². The zero-order valence-corrected chi connectivity index (χ0v) is 12.1. The van der Waals surface area contributed by atoms with Crippen molar-refractivity contribution < 1.29 is 8.42 Å². The van der Waals surface area contributed by atoms with Crippen molar-refractivity contribution >= 4 is 27.2 Å². The molecule has 0 spiro atoms. The minimum absolute atomic E-state index is 0.245. The fourth-order valence-corrected chi connectivity index (χ4v) is 3.50. The van der Waals surface area contributed by atoms with Crippen molar-refractivity contribution in [1.82, 2.24) is 14.9 Å². The molecule has 0 unspecified atom stereocenters. The molecule has 0 aliphatic carbocycles. The molecule has 0 radical (unpaired) electrons. The van der Waals surface area contributed by atoms with Crippen LogP contribution in [0.15, 0.2) is 28.5 Å². The number of sulfonamides is 1. The van der Waals surface area contributed by atoms with Crippen molar-refractivity contribution in [2.24, 2.45) is 0 Å². The Balaban J connectivity index is 2.03. The van der Waals surface area contributed by atoms with Crippen LogP contribution in [0.25, 0.3) is 0 Å². The Bertz CT molecular complexity index is 731. The van der Waals surface area contributed by atoms with Gasteiger partial charge in [0, 0.05) is 4.88 Å². The Kier molecular flexibility index (Phi) is 4.29. The molecule has 7 nitrogen and oxygen atoms in total. The van der Waals surface area contributed by atoms with Crippen LogP contribution in [0, 0.1) is 11.3 Å². The Morgan fingerprint density at radius 3 is 2.70 bits per heavy atom. The second-order valence-electron chi connectivity index (χ2n) is 3.70. The smallest absolute Gasteiger partial charge is 0.249 e. The normalized spacial score (nSPS) is 11.0. The van der Waals surface area contributed by atoms with Gasteiger partial charge in [0.1, 0.15) is 16.1 Å².